The van der Waals surface area contributed by atoms with Crippen LogP contribution in [0.5, 0.6) is 0 Å². The van der Waals surface area contributed by atoms with E-state index in [2.05, 4.69) is 9.97 Å². The Bertz CT molecular complexity index is 525. The lowest BCUT2D eigenvalue weighted by molar-refractivity contribution is -0.123. The average Bonchev–Trinajstić information content (AvgIpc) is 2.82. The molecular weight excluding hydrogens is 256 g/mol. The van der Waals surface area contributed by atoms with Crippen molar-refractivity contribution >= 4 is 15.9 Å². The molecule has 1 aliphatic rings. The Labute approximate surface area is 105 Å². The summed E-state index contributed by atoms with van der Waals surface area (Å²) in [6.07, 6.45) is 3.83. The number of nitrogens with zero attached hydrogens (tertiary/aromatic N) is 2. The summed E-state index contributed by atoms with van der Waals surface area (Å²) in [7, 11) is -3.63. The summed E-state index contributed by atoms with van der Waals surface area (Å²) < 4.78 is 26.0. The highest BCUT2D eigenvalue weighted by Crippen LogP contribution is 2.27. The molecule has 0 bridgehead atoms. The highest BCUT2D eigenvalue weighted by Gasteiger charge is 2.37. The van der Waals surface area contributed by atoms with Crippen molar-refractivity contribution in [3.63, 3.8) is 0 Å². The average molecular weight is 272 g/mol. The Morgan fingerprint density at radius 2 is 2.28 bits per heavy atom. The molecule has 3 N–H and O–H groups in total. The monoisotopic (exact) mass is 272 g/mol. The molecular formula is C10H16N4O3S. The van der Waals surface area contributed by atoms with Crippen LogP contribution in [-0.4, -0.2) is 41.2 Å². The van der Waals surface area contributed by atoms with Gasteiger partial charge in [-0.05, 0) is 19.8 Å². The Hall–Kier alpha value is -1.41. The second-order valence-electron chi connectivity index (χ2n) is 4.52. The van der Waals surface area contributed by atoms with E-state index in [1.54, 1.807) is 0 Å². The fourth-order valence-corrected chi connectivity index (χ4v) is 3.76. The first-order chi connectivity index (χ1) is 8.43. The number of amides is 1. The van der Waals surface area contributed by atoms with Crippen molar-refractivity contribution in [2.24, 2.45) is 11.7 Å². The highest BCUT2D eigenvalue weighted by molar-refractivity contribution is 7.89. The molecule has 0 spiro atoms. The highest BCUT2D eigenvalue weighted by atomic mass is 32.2. The number of carbonyl (C=O) groups excluding carboxylic acids is 1. The third kappa shape index (κ3) is 2.25. The predicted molar refractivity (Wildman–Crippen MR) is 63.9 cm³/mol. The van der Waals surface area contributed by atoms with E-state index in [1.165, 1.54) is 16.8 Å². The van der Waals surface area contributed by atoms with Gasteiger partial charge in [-0.3, -0.25) is 4.79 Å². The number of rotatable bonds is 3. The molecule has 2 heterocycles. The van der Waals surface area contributed by atoms with Crippen molar-refractivity contribution < 1.29 is 13.2 Å². The minimum atomic E-state index is -3.63. The van der Waals surface area contributed by atoms with Gasteiger partial charge in [0.05, 0.1) is 18.4 Å². The molecule has 0 radical (unpaired) electrons. The molecule has 2 atom stereocenters. The lowest BCUT2D eigenvalue weighted by atomic mass is 9.95. The predicted octanol–water partition coefficient (Wildman–Crippen LogP) is -0.316. The number of piperidine rings is 1. The van der Waals surface area contributed by atoms with Gasteiger partial charge in [0.15, 0.2) is 5.03 Å². The third-order valence-corrected chi connectivity index (χ3v) is 5.19. The van der Waals surface area contributed by atoms with Crippen LogP contribution < -0.4 is 5.73 Å². The summed E-state index contributed by atoms with van der Waals surface area (Å²) in [5.41, 5.74) is 5.26. The molecule has 1 amide bonds. The fourth-order valence-electron chi connectivity index (χ4n) is 2.15. The van der Waals surface area contributed by atoms with Gasteiger partial charge in [-0.15, -0.1) is 0 Å². The van der Waals surface area contributed by atoms with Gasteiger partial charge >= 0.3 is 0 Å². The van der Waals surface area contributed by atoms with Crippen LogP contribution in [-0.2, 0) is 14.8 Å². The molecule has 2 rings (SSSR count). The first kappa shape index (κ1) is 13.0. The second-order valence-corrected chi connectivity index (χ2v) is 6.38. The van der Waals surface area contributed by atoms with Gasteiger partial charge in [0.2, 0.25) is 5.91 Å². The van der Waals surface area contributed by atoms with Crippen molar-refractivity contribution in [2.75, 3.05) is 6.54 Å². The van der Waals surface area contributed by atoms with Gasteiger partial charge in [-0.1, -0.05) is 0 Å². The number of sulfonamides is 1. The van der Waals surface area contributed by atoms with Crippen molar-refractivity contribution in [1.29, 1.82) is 0 Å². The van der Waals surface area contributed by atoms with Gasteiger partial charge in [0.1, 0.15) is 0 Å². The topological polar surface area (TPSA) is 109 Å². The maximum absolute atomic E-state index is 12.3. The van der Waals surface area contributed by atoms with Crippen molar-refractivity contribution in [1.82, 2.24) is 14.3 Å². The van der Waals surface area contributed by atoms with Crippen LogP contribution in [0, 0.1) is 5.92 Å². The Kier molecular flexibility index (Phi) is 3.40. The molecule has 8 heteroatoms. The summed E-state index contributed by atoms with van der Waals surface area (Å²) in [6, 6.07) is -0.145. The largest absolute Gasteiger partial charge is 0.369 e. The zero-order valence-corrected chi connectivity index (χ0v) is 10.9. The Morgan fingerprint density at radius 1 is 1.56 bits per heavy atom. The minimum absolute atomic E-state index is 0.0412. The van der Waals surface area contributed by atoms with Gasteiger partial charge < -0.3 is 10.7 Å². The zero-order chi connectivity index (χ0) is 13.3. The summed E-state index contributed by atoms with van der Waals surface area (Å²) >= 11 is 0. The normalized spacial score (nSPS) is 26.1. The van der Waals surface area contributed by atoms with E-state index in [1.807, 2.05) is 6.92 Å². The molecule has 0 aromatic carbocycles. The quantitative estimate of drug-likeness (QED) is 0.786. The number of H-pyrrole nitrogens is 1. The number of hydrogen-bond donors (Lipinski definition) is 2. The first-order valence-electron chi connectivity index (χ1n) is 5.72. The second kappa shape index (κ2) is 4.69. The van der Waals surface area contributed by atoms with Gasteiger partial charge in [0, 0.05) is 12.6 Å². The van der Waals surface area contributed by atoms with Gasteiger partial charge in [-0.2, -0.15) is 4.31 Å². The fraction of sp³-hybridized carbons (Fsp3) is 0.600. The van der Waals surface area contributed by atoms with Crippen molar-refractivity contribution in [3.8, 4) is 0 Å². The summed E-state index contributed by atoms with van der Waals surface area (Å²) in [5, 5.41) is 0.0412. The molecule has 18 heavy (non-hydrogen) atoms. The molecule has 7 nitrogen and oxygen atoms in total. The number of nitrogens with two attached hydrogens (primary N) is 1. The summed E-state index contributed by atoms with van der Waals surface area (Å²) in [4.78, 5) is 17.5. The Morgan fingerprint density at radius 3 is 2.83 bits per heavy atom. The van der Waals surface area contributed by atoms with Gasteiger partial charge in [0.25, 0.3) is 10.0 Å². The van der Waals surface area contributed by atoms with E-state index in [0.717, 1.165) is 0 Å². The maximum Gasteiger partial charge on any atom is 0.260 e. The first-order valence-corrected chi connectivity index (χ1v) is 7.16. The molecule has 1 fully saturated rings. The SMILES string of the molecule is CC1CCC(C(N)=O)CN1S(=O)(=O)c1cnc[nH]1. The van der Waals surface area contributed by atoms with E-state index in [4.69, 9.17) is 5.73 Å². The van der Waals surface area contributed by atoms with Crippen molar-refractivity contribution in [2.45, 2.75) is 30.8 Å². The third-order valence-electron chi connectivity index (χ3n) is 3.29. The summed E-state index contributed by atoms with van der Waals surface area (Å²) in [6.45, 7) is 1.96. The van der Waals surface area contributed by atoms with Crippen LogP contribution in [0.15, 0.2) is 17.6 Å². The molecule has 1 saturated heterocycles. The number of carbonyl (C=O) groups is 1. The molecule has 0 aliphatic carbocycles. The lowest BCUT2D eigenvalue weighted by Crippen LogP contribution is -2.48. The van der Waals surface area contributed by atoms with Gasteiger partial charge in [-0.25, -0.2) is 13.4 Å². The molecule has 0 saturated carbocycles. The number of primary amides is 1. The smallest absolute Gasteiger partial charge is 0.260 e. The zero-order valence-electron chi connectivity index (χ0n) is 10.0. The van der Waals surface area contributed by atoms with Crippen molar-refractivity contribution in [3.05, 3.63) is 12.5 Å². The maximum atomic E-state index is 12.3. The molecule has 100 valence electrons. The summed E-state index contributed by atoms with van der Waals surface area (Å²) in [5.74, 6) is -0.870. The van der Waals surface area contributed by atoms with Crippen LogP contribution >= 0.6 is 0 Å². The van der Waals surface area contributed by atoms with E-state index >= 15 is 0 Å². The molecule has 1 aliphatic heterocycles. The van der Waals surface area contributed by atoms with Crippen LogP contribution in [0.1, 0.15) is 19.8 Å². The van der Waals surface area contributed by atoms with Crippen LogP contribution in [0.2, 0.25) is 0 Å². The number of aromatic amines is 1. The lowest BCUT2D eigenvalue weighted by Gasteiger charge is -2.35. The Balaban J connectivity index is 2.28. The van der Waals surface area contributed by atoms with E-state index < -0.39 is 21.8 Å². The molecule has 1 aromatic rings. The van der Waals surface area contributed by atoms with E-state index in [0.29, 0.717) is 12.8 Å². The number of aromatic nitrogens is 2. The molecule has 1 aromatic heterocycles. The van der Waals surface area contributed by atoms with Crippen LogP contribution in [0.25, 0.3) is 0 Å². The number of imidazole rings is 1. The minimum Gasteiger partial charge on any atom is -0.369 e. The number of hydrogen-bond acceptors (Lipinski definition) is 4. The molecule has 2 unspecified atom stereocenters. The van der Waals surface area contributed by atoms with E-state index in [-0.39, 0.29) is 17.6 Å². The van der Waals surface area contributed by atoms with E-state index in [9.17, 15) is 13.2 Å². The van der Waals surface area contributed by atoms with Crippen LogP contribution in [0.4, 0.5) is 0 Å². The van der Waals surface area contributed by atoms with Crippen LogP contribution in [0.3, 0.4) is 0 Å². The standard InChI is InChI=1S/C10H16N4O3S/c1-7-2-3-8(10(11)15)5-14(7)18(16,17)9-4-12-6-13-9/h4,6-8H,2-3,5H2,1H3,(H2,11,15)(H,12,13). The number of nitrogens with one attached hydrogen (secondary N) is 1.